The number of imide groups is 1. The van der Waals surface area contributed by atoms with Crippen LogP contribution in [0, 0.1) is 0 Å². The molecule has 0 saturated heterocycles. The van der Waals surface area contributed by atoms with Crippen LogP contribution in [0.15, 0.2) is 18.2 Å². The van der Waals surface area contributed by atoms with Crippen molar-refractivity contribution in [2.45, 2.75) is 32.2 Å². The molecule has 3 amide bonds. The van der Waals surface area contributed by atoms with E-state index in [4.69, 9.17) is 5.73 Å². The molecule has 1 rings (SSSR count). The van der Waals surface area contributed by atoms with E-state index in [0.717, 1.165) is 6.42 Å². The number of hydrogen-bond donors (Lipinski definition) is 3. The summed E-state index contributed by atoms with van der Waals surface area (Å²) in [6.45, 7) is 2.91. The average molecular weight is 362 g/mol. The number of carbonyl (C=O) groups excluding carboxylic acids is 4. The fraction of sp³-hybridized carbons (Fsp3) is 0.444. The number of rotatable bonds is 11. The first-order chi connectivity index (χ1) is 12.5. The SMILES string of the molecule is CC(CCC(=O)NC=O)N(C)C(=O)c1c(C=O)cccc1NCCCN. The number of benzene rings is 1. The monoisotopic (exact) mass is 362 g/mol. The molecule has 0 aliphatic heterocycles. The third-order valence-electron chi connectivity index (χ3n) is 4.12. The zero-order valence-electron chi connectivity index (χ0n) is 15.2. The summed E-state index contributed by atoms with van der Waals surface area (Å²) in [7, 11) is 1.62. The van der Waals surface area contributed by atoms with Crippen molar-refractivity contribution in [3.8, 4) is 0 Å². The first-order valence-electron chi connectivity index (χ1n) is 8.48. The van der Waals surface area contributed by atoms with Crippen LogP contribution in [0.25, 0.3) is 0 Å². The van der Waals surface area contributed by atoms with Gasteiger partial charge in [0, 0.05) is 37.3 Å². The summed E-state index contributed by atoms with van der Waals surface area (Å²) >= 11 is 0. The van der Waals surface area contributed by atoms with Gasteiger partial charge in [-0.1, -0.05) is 12.1 Å². The van der Waals surface area contributed by atoms with Crippen LogP contribution in [0.4, 0.5) is 5.69 Å². The summed E-state index contributed by atoms with van der Waals surface area (Å²) in [6.07, 6.45) is 2.23. The van der Waals surface area contributed by atoms with Gasteiger partial charge in [-0.2, -0.15) is 0 Å². The smallest absolute Gasteiger partial charge is 0.256 e. The van der Waals surface area contributed by atoms with Crippen molar-refractivity contribution < 1.29 is 19.2 Å². The van der Waals surface area contributed by atoms with Crippen molar-refractivity contribution in [3.63, 3.8) is 0 Å². The molecule has 142 valence electrons. The Bertz CT molecular complexity index is 648. The number of aldehydes is 1. The van der Waals surface area contributed by atoms with Crippen LogP contribution in [0.3, 0.4) is 0 Å². The fourth-order valence-corrected chi connectivity index (χ4v) is 2.43. The summed E-state index contributed by atoms with van der Waals surface area (Å²) in [5, 5.41) is 5.21. The number of nitrogens with zero attached hydrogens (tertiary/aromatic N) is 1. The van der Waals surface area contributed by atoms with Gasteiger partial charge in [-0.05, 0) is 32.4 Å². The van der Waals surface area contributed by atoms with E-state index in [9.17, 15) is 19.2 Å². The molecule has 0 aromatic heterocycles. The molecule has 0 fully saturated rings. The molecule has 0 saturated carbocycles. The normalized spacial score (nSPS) is 11.3. The summed E-state index contributed by atoms with van der Waals surface area (Å²) in [6, 6.07) is 4.78. The van der Waals surface area contributed by atoms with Gasteiger partial charge in [-0.3, -0.25) is 24.5 Å². The second-order valence-corrected chi connectivity index (χ2v) is 5.95. The molecular formula is C18H26N4O4. The lowest BCUT2D eigenvalue weighted by Crippen LogP contribution is -2.37. The van der Waals surface area contributed by atoms with Crippen molar-refractivity contribution in [3.05, 3.63) is 29.3 Å². The number of amides is 3. The summed E-state index contributed by atoms with van der Waals surface area (Å²) < 4.78 is 0. The molecule has 1 atom stereocenters. The Kier molecular flexibility index (Phi) is 9.00. The summed E-state index contributed by atoms with van der Waals surface area (Å²) in [5.41, 5.74) is 6.66. The predicted octanol–water partition coefficient (Wildman–Crippen LogP) is 0.773. The Morgan fingerprint density at radius 2 is 2.04 bits per heavy atom. The highest BCUT2D eigenvalue weighted by Gasteiger charge is 2.23. The molecular weight excluding hydrogens is 336 g/mol. The zero-order valence-corrected chi connectivity index (χ0v) is 15.2. The van der Waals surface area contributed by atoms with Crippen LogP contribution in [0.5, 0.6) is 0 Å². The van der Waals surface area contributed by atoms with E-state index in [1.54, 1.807) is 32.2 Å². The maximum absolute atomic E-state index is 12.9. The zero-order chi connectivity index (χ0) is 19.5. The molecule has 4 N–H and O–H groups in total. The van der Waals surface area contributed by atoms with Crippen LogP contribution in [-0.2, 0) is 9.59 Å². The standard InChI is InChI=1S/C18H26N4O4/c1-13(7-8-16(25)21-12-24)22(2)18(26)17-14(11-23)5-3-6-15(17)20-10-4-9-19/h3,5-6,11-13,20H,4,7-10,19H2,1-2H3,(H,21,24,25). The molecule has 0 radical (unpaired) electrons. The van der Waals surface area contributed by atoms with Crippen LogP contribution < -0.4 is 16.4 Å². The molecule has 0 bridgehead atoms. The van der Waals surface area contributed by atoms with Crippen molar-refractivity contribution in [2.75, 3.05) is 25.5 Å². The minimum atomic E-state index is -0.398. The predicted molar refractivity (Wildman–Crippen MR) is 99.0 cm³/mol. The quantitative estimate of drug-likeness (QED) is 0.395. The molecule has 0 heterocycles. The van der Waals surface area contributed by atoms with Crippen LogP contribution in [0.2, 0.25) is 0 Å². The Hall–Kier alpha value is -2.74. The lowest BCUT2D eigenvalue weighted by Gasteiger charge is -2.26. The summed E-state index contributed by atoms with van der Waals surface area (Å²) in [4.78, 5) is 47.5. The lowest BCUT2D eigenvalue weighted by atomic mass is 10.0. The molecule has 1 aromatic rings. The van der Waals surface area contributed by atoms with Gasteiger partial charge >= 0.3 is 0 Å². The van der Waals surface area contributed by atoms with Gasteiger partial charge in [-0.15, -0.1) is 0 Å². The van der Waals surface area contributed by atoms with Gasteiger partial charge in [0.25, 0.3) is 5.91 Å². The van der Waals surface area contributed by atoms with Crippen molar-refractivity contribution in [1.29, 1.82) is 0 Å². The Balaban J connectivity index is 2.93. The Labute approximate surface area is 153 Å². The maximum Gasteiger partial charge on any atom is 0.256 e. The maximum atomic E-state index is 12.9. The average Bonchev–Trinajstić information content (AvgIpc) is 2.65. The van der Waals surface area contributed by atoms with Crippen molar-refractivity contribution in [1.82, 2.24) is 10.2 Å². The second-order valence-electron chi connectivity index (χ2n) is 5.95. The van der Waals surface area contributed by atoms with Crippen molar-refractivity contribution >= 4 is 30.2 Å². The van der Waals surface area contributed by atoms with Crippen molar-refractivity contribution in [2.24, 2.45) is 5.73 Å². The van der Waals surface area contributed by atoms with Crippen LogP contribution >= 0.6 is 0 Å². The molecule has 0 aliphatic carbocycles. The van der Waals surface area contributed by atoms with E-state index in [0.29, 0.717) is 49.0 Å². The number of carbonyl (C=O) groups is 4. The molecule has 0 aliphatic rings. The minimum Gasteiger partial charge on any atom is -0.384 e. The van der Waals surface area contributed by atoms with Crippen LogP contribution in [0.1, 0.15) is 46.9 Å². The van der Waals surface area contributed by atoms with Gasteiger partial charge < -0.3 is 16.0 Å². The van der Waals surface area contributed by atoms with Gasteiger partial charge in [0.05, 0.1) is 5.56 Å². The highest BCUT2D eigenvalue weighted by molar-refractivity contribution is 6.06. The van der Waals surface area contributed by atoms with E-state index < -0.39 is 5.91 Å². The van der Waals surface area contributed by atoms with E-state index in [1.807, 2.05) is 0 Å². The van der Waals surface area contributed by atoms with E-state index in [-0.39, 0.29) is 18.4 Å². The first kappa shape index (κ1) is 21.3. The van der Waals surface area contributed by atoms with E-state index in [1.165, 1.54) is 4.90 Å². The molecule has 26 heavy (non-hydrogen) atoms. The summed E-state index contributed by atoms with van der Waals surface area (Å²) in [5.74, 6) is -0.712. The number of anilines is 1. The number of nitrogens with one attached hydrogen (secondary N) is 2. The number of hydrogen-bond acceptors (Lipinski definition) is 6. The molecule has 0 spiro atoms. The van der Waals surface area contributed by atoms with E-state index in [2.05, 4.69) is 10.6 Å². The molecule has 8 nitrogen and oxygen atoms in total. The van der Waals surface area contributed by atoms with Crippen LogP contribution in [-0.4, -0.2) is 55.6 Å². The Morgan fingerprint density at radius 3 is 2.65 bits per heavy atom. The van der Waals surface area contributed by atoms with E-state index >= 15 is 0 Å². The third-order valence-corrected chi connectivity index (χ3v) is 4.12. The molecule has 1 unspecified atom stereocenters. The minimum absolute atomic E-state index is 0.120. The van der Waals surface area contributed by atoms with Gasteiger partial charge in [-0.25, -0.2) is 0 Å². The highest BCUT2D eigenvalue weighted by atomic mass is 16.2. The topological polar surface area (TPSA) is 122 Å². The molecule has 8 heteroatoms. The largest absolute Gasteiger partial charge is 0.384 e. The molecule has 1 aromatic carbocycles. The van der Waals surface area contributed by atoms with Gasteiger partial charge in [0.2, 0.25) is 12.3 Å². The Morgan fingerprint density at radius 1 is 1.31 bits per heavy atom. The highest BCUT2D eigenvalue weighted by Crippen LogP contribution is 2.22. The lowest BCUT2D eigenvalue weighted by molar-refractivity contribution is -0.125. The second kappa shape index (κ2) is 11.0. The first-order valence-corrected chi connectivity index (χ1v) is 8.48. The number of nitrogens with two attached hydrogens (primary N) is 1. The fourth-order valence-electron chi connectivity index (χ4n) is 2.43. The van der Waals surface area contributed by atoms with Gasteiger partial charge in [0.15, 0.2) is 6.29 Å². The third kappa shape index (κ3) is 5.96. The van der Waals surface area contributed by atoms with Gasteiger partial charge in [0.1, 0.15) is 0 Å².